The van der Waals surface area contributed by atoms with E-state index in [4.69, 9.17) is 9.47 Å². The summed E-state index contributed by atoms with van der Waals surface area (Å²) in [7, 11) is 0. The zero-order valence-electron chi connectivity index (χ0n) is 9.32. The molecular formula is C11H18O4. The molecule has 0 aromatic carbocycles. The molecule has 1 aliphatic carbocycles. The summed E-state index contributed by atoms with van der Waals surface area (Å²) in [4.78, 5) is 22.2. The Morgan fingerprint density at radius 1 is 1.00 bits per heavy atom. The van der Waals surface area contributed by atoms with E-state index < -0.39 is 0 Å². The molecule has 1 saturated carbocycles. The van der Waals surface area contributed by atoms with E-state index >= 15 is 0 Å². The molecular weight excluding hydrogens is 196 g/mol. The number of hydrogen-bond acceptors (Lipinski definition) is 4. The van der Waals surface area contributed by atoms with Crippen LogP contribution in [-0.2, 0) is 19.1 Å². The second-order valence-electron chi connectivity index (χ2n) is 3.79. The van der Waals surface area contributed by atoms with Gasteiger partial charge in [-0.15, -0.1) is 0 Å². The summed E-state index contributed by atoms with van der Waals surface area (Å²) in [5.41, 5.74) is 0. The lowest BCUT2D eigenvalue weighted by Gasteiger charge is -2.04. The van der Waals surface area contributed by atoms with Crippen LogP contribution in [-0.4, -0.2) is 24.1 Å². The van der Waals surface area contributed by atoms with Gasteiger partial charge in [0.15, 0.2) is 0 Å². The molecule has 1 fully saturated rings. The number of rotatable bonds is 6. The maximum atomic E-state index is 11.1. The predicted molar refractivity (Wildman–Crippen MR) is 54.2 cm³/mol. The van der Waals surface area contributed by atoms with Crippen LogP contribution in [0.5, 0.6) is 0 Å². The molecule has 86 valence electrons. The molecule has 0 aliphatic heterocycles. The quantitative estimate of drug-likeness (QED) is 0.633. The molecule has 0 N–H and O–H groups in total. The Hall–Kier alpha value is -1.06. The first-order valence-corrected chi connectivity index (χ1v) is 5.56. The van der Waals surface area contributed by atoms with E-state index in [0.29, 0.717) is 19.3 Å². The average molecular weight is 214 g/mol. The van der Waals surface area contributed by atoms with Crippen molar-refractivity contribution in [3.63, 3.8) is 0 Å². The fourth-order valence-electron chi connectivity index (χ4n) is 1.26. The van der Waals surface area contributed by atoms with Gasteiger partial charge in [0.1, 0.15) is 12.2 Å². The zero-order chi connectivity index (χ0) is 11.3. The van der Waals surface area contributed by atoms with Gasteiger partial charge in [0.2, 0.25) is 0 Å². The molecule has 0 aromatic heterocycles. The monoisotopic (exact) mass is 214 g/mol. The van der Waals surface area contributed by atoms with Crippen molar-refractivity contribution in [3.8, 4) is 0 Å². The summed E-state index contributed by atoms with van der Waals surface area (Å²) in [5.74, 6) is -0.395. The summed E-state index contributed by atoms with van der Waals surface area (Å²) >= 11 is 0. The minimum Gasteiger partial charge on any atom is -0.458 e. The van der Waals surface area contributed by atoms with Crippen molar-refractivity contribution >= 4 is 11.9 Å². The summed E-state index contributed by atoms with van der Waals surface area (Å²) in [6.07, 6.45) is 2.72. The first-order chi connectivity index (χ1) is 7.17. The second kappa shape index (κ2) is 5.73. The lowest BCUT2D eigenvalue weighted by atomic mass is 10.3. The van der Waals surface area contributed by atoms with E-state index in [-0.39, 0.29) is 24.1 Å². The second-order valence-corrected chi connectivity index (χ2v) is 3.79. The van der Waals surface area contributed by atoms with Crippen LogP contribution >= 0.6 is 0 Å². The van der Waals surface area contributed by atoms with Crippen LogP contribution in [0.2, 0.25) is 0 Å². The van der Waals surface area contributed by atoms with Gasteiger partial charge in [0.05, 0.1) is 0 Å². The lowest BCUT2D eigenvalue weighted by Crippen LogP contribution is -2.13. The van der Waals surface area contributed by atoms with Gasteiger partial charge in [-0.3, -0.25) is 9.59 Å². The normalized spacial score (nSPS) is 23.3. The number of hydrogen-bond donors (Lipinski definition) is 0. The highest BCUT2D eigenvalue weighted by Gasteiger charge is 2.44. The molecule has 4 heteroatoms. The minimum atomic E-state index is -0.198. The largest absolute Gasteiger partial charge is 0.458 e. The first-order valence-electron chi connectivity index (χ1n) is 5.56. The van der Waals surface area contributed by atoms with Crippen LogP contribution in [0.4, 0.5) is 0 Å². The standard InChI is InChI=1S/C11H18O4/c1-3-5-10(12)14-8-7-9(8)15-11(13)6-4-2/h8-9H,3-7H2,1-2H3. The van der Waals surface area contributed by atoms with Crippen LogP contribution in [0.15, 0.2) is 0 Å². The van der Waals surface area contributed by atoms with Gasteiger partial charge in [-0.05, 0) is 12.8 Å². The summed E-state index contributed by atoms with van der Waals surface area (Å²) in [6.45, 7) is 3.85. The Morgan fingerprint density at radius 2 is 1.40 bits per heavy atom. The Kier molecular flexibility index (Phi) is 4.59. The van der Waals surface area contributed by atoms with E-state index in [1.165, 1.54) is 0 Å². The van der Waals surface area contributed by atoms with Crippen LogP contribution in [0, 0.1) is 0 Å². The Morgan fingerprint density at radius 3 is 1.73 bits per heavy atom. The fraction of sp³-hybridized carbons (Fsp3) is 0.818. The van der Waals surface area contributed by atoms with E-state index in [1.54, 1.807) is 0 Å². The maximum Gasteiger partial charge on any atom is 0.306 e. The Bertz CT molecular complexity index is 213. The van der Waals surface area contributed by atoms with Crippen molar-refractivity contribution in [2.24, 2.45) is 0 Å². The third kappa shape index (κ3) is 4.32. The molecule has 0 bridgehead atoms. The Labute approximate surface area is 89.9 Å². The first kappa shape index (κ1) is 12.0. The van der Waals surface area contributed by atoms with Crippen molar-refractivity contribution < 1.29 is 19.1 Å². The number of ether oxygens (including phenoxy) is 2. The SMILES string of the molecule is CCCC(=O)OC1CC1OC(=O)CCC. The van der Waals surface area contributed by atoms with Gasteiger partial charge in [0.25, 0.3) is 0 Å². The number of esters is 2. The summed E-state index contributed by atoms with van der Waals surface area (Å²) < 4.78 is 10.2. The van der Waals surface area contributed by atoms with Crippen LogP contribution in [0.1, 0.15) is 46.0 Å². The number of carbonyl (C=O) groups excluding carboxylic acids is 2. The topological polar surface area (TPSA) is 52.6 Å². The molecule has 0 saturated heterocycles. The molecule has 0 aromatic rings. The maximum absolute atomic E-state index is 11.1. The van der Waals surface area contributed by atoms with Crippen molar-refractivity contribution in [2.75, 3.05) is 0 Å². The highest BCUT2D eigenvalue weighted by atomic mass is 16.6. The molecule has 4 nitrogen and oxygen atoms in total. The van der Waals surface area contributed by atoms with Gasteiger partial charge in [-0.2, -0.15) is 0 Å². The van der Waals surface area contributed by atoms with Crippen molar-refractivity contribution in [3.05, 3.63) is 0 Å². The molecule has 15 heavy (non-hydrogen) atoms. The fourth-order valence-corrected chi connectivity index (χ4v) is 1.26. The van der Waals surface area contributed by atoms with Gasteiger partial charge < -0.3 is 9.47 Å². The average Bonchev–Trinajstić information content (AvgIpc) is 2.83. The van der Waals surface area contributed by atoms with E-state index in [9.17, 15) is 9.59 Å². The molecule has 0 spiro atoms. The summed E-state index contributed by atoms with van der Waals surface area (Å²) in [6, 6.07) is 0. The van der Waals surface area contributed by atoms with Gasteiger partial charge >= 0.3 is 11.9 Å². The molecule has 2 unspecified atom stereocenters. The van der Waals surface area contributed by atoms with Crippen molar-refractivity contribution in [1.29, 1.82) is 0 Å². The van der Waals surface area contributed by atoms with Crippen molar-refractivity contribution in [1.82, 2.24) is 0 Å². The zero-order valence-corrected chi connectivity index (χ0v) is 9.32. The predicted octanol–water partition coefficient (Wildman–Crippen LogP) is 1.81. The summed E-state index contributed by atoms with van der Waals surface area (Å²) in [5, 5.41) is 0. The highest BCUT2D eigenvalue weighted by molar-refractivity contribution is 5.71. The smallest absolute Gasteiger partial charge is 0.306 e. The van der Waals surface area contributed by atoms with Gasteiger partial charge in [-0.1, -0.05) is 13.8 Å². The van der Waals surface area contributed by atoms with Crippen LogP contribution < -0.4 is 0 Å². The van der Waals surface area contributed by atoms with Gasteiger partial charge in [0, 0.05) is 19.3 Å². The highest BCUT2D eigenvalue weighted by Crippen LogP contribution is 2.29. The van der Waals surface area contributed by atoms with Gasteiger partial charge in [-0.25, -0.2) is 0 Å². The molecule has 1 aliphatic rings. The number of carbonyl (C=O) groups is 2. The third-order valence-electron chi connectivity index (χ3n) is 2.15. The molecule has 0 heterocycles. The van der Waals surface area contributed by atoms with E-state index in [1.807, 2.05) is 13.8 Å². The van der Waals surface area contributed by atoms with Crippen LogP contribution in [0.3, 0.4) is 0 Å². The Balaban J connectivity index is 2.12. The minimum absolute atomic E-state index is 0.190. The van der Waals surface area contributed by atoms with Crippen molar-refractivity contribution in [2.45, 2.75) is 58.2 Å². The third-order valence-corrected chi connectivity index (χ3v) is 2.15. The molecule has 1 rings (SSSR count). The van der Waals surface area contributed by atoms with Crippen LogP contribution in [0.25, 0.3) is 0 Å². The molecule has 0 amide bonds. The van der Waals surface area contributed by atoms with E-state index in [0.717, 1.165) is 12.8 Å². The van der Waals surface area contributed by atoms with E-state index in [2.05, 4.69) is 0 Å². The molecule has 0 radical (unpaired) electrons. The molecule has 2 atom stereocenters. The lowest BCUT2D eigenvalue weighted by molar-refractivity contribution is -0.152.